The van der Waals surface area contributed by atoms with Gasteiger partial charge in [0, 0.05) is 11.8 Å². The van der Waals surface area contributed by atoms with Crippen LogP contribution in [-0.4, -0.2) is 12.0 Å². The van der Waals surface area contributed by atoms with E-state index in [4.69, 9.17) is 5.26 Å². The molecule has 0 unspecified atom stereocenters. The van der Waals surface area contributed by atoms with Gasteiger partial charge in [-0.3, -0.25) is 4.79 Å². The molecule has 0 saturated heterocycles. The number of allylic oxidation sites excluding steroid dienone is 2. The molecule has 1 aromatic rings. The fraction of sp³-hybridized carbons (Fsp3) is 0.0714. The van der Waals surface area contributed by atoms with Gasteiger partial charge in [-0.05, 0) is 18.1 Å². The minimum Gasteiger partial charge on any atom is -0.295 e. The number of hydrogen-bond donors (Lipinski definition) is 0. The maximum Gasteiger partial charge on any atom is 0.159 e. The predicted octanol–water partition coefficient (Wildman–Crippen LogP) is 3.01. The van der Waals surface area contributed by atoms with Gasteiger partial charge in [-0.15, -0.1) is 0 Å². The molecule has 1 rings (SSSR count). The minimum absolute atomic E-state index is 0.0219. The zero-order valence-electron chi connectivity index (χ0n) is 9.60. The van der Waals surface area contributed by atoms with Gasteiger partial charge in [0.2, 0.25) is 0 Å². The first-order valence-corrected chi connectivity index (χ1v) is 4.98. The van der Waals surface area contributed by atoms with E-state index in [2.05, 4.69) is 18.2 Å². The van der Waals surface area contributed by atoms with Crippen LogP contribution in [0.15, 0.2) is 48.1 Å². The van der Waals surface area contributed by atoms with Crippen LogP contribution in [-0.2, 0) is 0 Å². The van der Waals surface area contributed by atoms with Crippen molar-refractivity contribution in [2.24, 2.45) is 4.99 Å². The van der Waals surface area contributed by atoms with Crippen molar-refractivity contribution in [2.75, 3.05) is 0 Å². The van der Waals surface area contributed by atoms with Crippen molar-refractivity contribution in [2.45, 2.75) is 6.92 Å². The van der Waals surface area contributed by atoms with Gasteiger partial charge in [-0.25, -0.2) is 4.99 Å². The molecule has 0 saturated carbocycles. The summed E-state index contributed by atoms with van der Waals surface area (Å²) in [6.07, 6.45) is 1.48. The highest BCUT2D eigenvalue weighted by Gasteiger charge is 2.00. The van der Waals surface area contributed by atoms with Crippen LogP contribution in [0.5, 0.6) is 0 Å². The van der Waals surface area contributed by atoms with Gasteiger partial charge >= 0.3 is 0 Å². The van der Waals surface area contributed by atoms with Gasteiger partial charge < -0.3 is 0 Å². The van der Waals surface area contributed by atoms with Crippen molar-refractivity contribution in [3.8, 4) is 6.07 Å². The summed E-state index contributed by atoms with van der Waals surface area (Å²) in [7, 11) is 0. The third-order valence-electron chi connectivity index (χ3n) is 2.17. The summed E-state index contributed by atoms with van der Waals surface area (Å²) in [5.74, 6) is 0.0219. The van der Waals surface area contributed by atoms with Crippen LogP contribution in [0.1, 0.15) is 22.8 Å². The highest BCUT2D eigenvalue weighted by Crippen LogP contribution is 2.12. The molecular weight excluding hydrogens is 212 g/mol. The summed E-state index contributed by atoms with van der Waals surface area (Å²) in [6.45, 7) is 8.77. The summed E-state index contributed by atoms with van der Waals surface area (Å²) in [5, 5.41) is 8.49. The number of nitrogens with zero attached hydrogens (tertiary/aromatic N) is 2. The number of hydrogen-bond acceptors (Lipinski definition) is 3. The van der Waals surface area contributed by atoms with Gasteiger partial charge in [0.05, 0.1) is 0 Å². The van der Waals surface area contributed by atoms with E-state index < -0.39 is 0 Å². The topological polar surface area (TPSA) is 53.2 Å². The van der Waals surface area contributed by atoms with Crippen LogP contribution < -0.4 is 0 Å². The maximum atomic E-state index is 11.1. The van der Waals surface area contributed by atoms with Gasteiger partial charge in [0.1, 0.15) is 11.8 Å². The Morgan fingerprint density at radius 3 is 2.29 bits per heavy atom. The van der Waals surface area contributed by atoms with Crippen LogP contribution in [0.2, 0.25) is 0 Å². The lowest BCUT2D eigenvalue weighted by atomic mass is 10.0. The second-order valence-corrected chi connectivity index (χ2v) is 3.48. The average Bonchev–Trinajstić information content (AvgIpc) is 2.35. The molecule has 0 aliphatic rings. The van der Waals surface area contributed by atoms with Crippen LogP contribution in [0.4, 0.5) is 0 Å². The predicted molar refractivity (Wildman–Crippen MR) is 68.7 cm³/mol. The van der Waals surface area contributed by atoms with Gasteiger partial charge in [0.25, 0.3) is 0 Å². The molecule has 0 atom stereocenters. The molecule has 0 aliphatic heterocycles. The quantitative estimate of drug-likeness (QED) is 0.448. The zero-order valence-corrected chi connectivity index (χ0v) is 9.60. The van der Waals surface area contributed by atoms with Crippen molar-refractivity contribution >= 4 is 17.6 Å². The second-order valence-electron chi connectivity index (χ2n) is 3.48. The number of carbonyl (C=O) groups excluding carboxylic acids is 1. The molecule has 0 aliphatic carbocycles. The highest BCUT2D eigenvalue weighted by atomic mass is 16.1. The molecule has 0 N–H and O–H groups in total. The van der Waals surface area contributed by atoms with Gasteiger partial charge in [-0.1, -0.05) is 37.4 Å². The molecule has 1 aromatic carbocycles. The minimum atomic E-state index is 0.0219. The molecule has 0 bridgehead atoms. The maximum absolute atomic E-state index is 11.1. The van der Waals surface area contributed by atoms with Crippen LogP contribution in [0.25, 0.3) is 5.57 Å². The van der Waals surface area contributed by atoms with E-state index in [0.717, 1.165) is 5.56 Å². The summed E-state index contributed by atoms with van der Waals surface area (Å²) in [5.41, 5.74) is 2.30. The fourth-order valence-corrected chi connectivity index (χ4v) is 1.18. The van der Waals surface area contributed by atoms with E-state index in [1.165, 1.54) is 13.1 Å². The van der Waals surface area contributed by atoms with Gasteiger partial charge in [0.15, 0.2) is 5.78 Å². The first-order valence-electron chi connectivity index (χ1n) is 4.98. The monoisotopic (exact) mass is 224 g/mol. The molecule has 3 nitrogen and oxygen atoms in total. The Morgan fingerprint density at radius 2 is 1.82 bits per heavy atom. The van der Waals surface area contributed by atoms with Crippen molar-refractivity contribution in [1.29, 1.82) is 5.26 Å². The third kappa shape index (κ3) is 3.54. The molecule has 0 spiro atoms. The van der Waals surface area contributed by atoms with E-state index in [1.807, 2.05) is 6.07 Å². The molecule has 0 radical (unpaired) electrons. The van der Waals surface area contributed by atoms with Crippen molar-refractivity contribution in [1.82, 2.24) is 0 Å². The standard InChI is InChI=1S/C14H12N2O/c1-10(9-16-11(2)8-15)13-4-6-14(7-5-13)12(3)17/h4-7,9H,1-2H2,3H3/b16-9+. The fourth-order valence-electron chi connectivity index (χ4n) is 1.18. The first kappa shape index (κ1) is 12.6. The molecule has 0 aromatic heterocycles. The summed E-state index contributed by atoms with van der Waals surface area (Å²) >= 11 is 0. The van der Waals surface area contributed by atoms with E-state index in [9.17, 15) is 4.79 Å². The number of carbonyl (C=O) groups is 1. The molecule has 84 valence electrons. The number of nitriles is 1. The Balaban J connectivity index is 2.84. The molecule has 0 fully saturated rings. The lowest BCUT2D eigenvalue weighted by molar-refractivity contribution is 0.101. The van der Waals surface area contributed by atoms with Gasteiger partial charge in [-0.2, -0.15) is 5.26 Å². The average molecular weight is 224 g/mol. The van der Waals surface area contributed by atoms with E-state index in [1.54, 1.807) is 24.3 Å². The lowest BCUT2D eigenvalue weighted by Gasteiger charge is -2.01. The first-order chi connectivity index (χ1) is 8.04. The second kappa shape index (κ2) is 5.57. The highest BCUT2D eigenvalue weighted by molar-refractivity contribution is 6.09. The SMILES string of the molecule is C=C(C#N)/N=C/C(=C)c1ccc(C(C)=O)cc1. The van der Waals surface area contributed by atoms with Crippen molar-refractivity contribution in [3.05, 3.63) is 54.2 Å². The number of rotatable bonds is 4. The number of ketones is 1. The third-order valence-corrected chi connectivity index (χ3v) is 2.17. The number of Topliss-reactive ketones (excluding diaryl/α,β-unsaturated/α-hetero) is 1. The molecule has 0 amide bonds. The van der Waals surface area contributed by atoms with Crippen molar-refractivity contribution in [3.63, 3.8) is 0 Å². The normalized spacial score (nSPS) is 9.88. The van der Waals surface area contributed by atoms with E-state index in [0.29, 0.717) is 11.1 Å². The Morgan fingerprint density at radius 1 is 1.29 bits per heavy atom. The molecular formula is C14H12N2O. The summed E-state index contributed by atoms with van der Waals surface area (Å²) in [4.78, 5) is 14.9. The van der Waals surface area contributed by atoms with Crippen LogP contribution >= 0.6 is 0 Å². The summed E-state index contributed by atoms with van der Waals surface area (Å²) in [6, 6.07) is 8.87. The van der Waals surface area contributed by atoms with Crippen molar-refractivity contribution < 1.29 is 4.79 Å². The smallest absolute Gasteiger partial charge is 0.159 e. The lowest BCUT2D eigenvalue weighted by Crippen LogP contribution is -1.92. The zero-order chi connectivity index (χ0) is 12.8. The molecule has 3 heteroatoms. The Bertz CT molecular complexity index is 530. The van der Waals surface area contributed by atoms with E-state index in [-0.39, 0.29) is 11.5 Å². The molecule has 0 heterocycles. The number of aliphatic imine (C=N–C) groups is 1. The Hall–Kier alpha value is -2.47. The Labute approximate surface area is 100 Å². The number of benzene rings is 1. The Kier molecular flexibility index (Phi) is 4.13. The summed E-state index contributed by atoms with van der Waals surface area (Å²) < 4.78 is 0. The largest absolute Gasteiger partial charge is 0.295 e. The molecule has 17 heavy (non-hydrogen) atoms. The van der Waals surface area contributed by atoms with E-state index >= 15 is 0 Å². The van der Waals surface area contributed by atoms with Crippen LogP contribution in [0, 0.1) is 11.3 Å². The van der Waals surface area contributed by atoms with Crippen LogP contribution in [0.3, 0.4) is 0 Å².